The number of amides is 2. The van der Waals surface area contributed by atoms with Gasteiger partial charge in [0.1, 0.15) is 0 Å². The molecular weight excluding hydrogens is 404 g/mol. The molecule has 1 saturated heterocycles. The zero-order valence-corrected chi connectivity index (χ0v) is 16.7. The molecule has 0 unspecified atom stereocenters. The number of halogens is 1. The summed E-state index contributed by atoms with van der Waals surface area (Å²) >= 11 is 3.48. The zero-order chi connectivity index (χ0) is 19.1. The first-order valence-corrected chi connectivity index (χ1v) is 9.96. The molecule has 2 aromatic rings. The second kappa shape index (κ2) is 9.51. The molecular formula is C22H23BrN2O2. The molecule has 1 aliphatic heterocycles. The van der Waals surface area contributed by atoms with Crippen LogP contribution in [-0.2, 0) is 16.1 Å². The van der Waals surface area contributed by atoms with Gasteiger partial charge in [0.15, 0.2) is 0 Å². The fraction of sp³-hybridized carbons (Fsp3) is 0.273. The number of nitrogens with zero attached hydrogens (tertiary/aromatic N) is 1. The Morgan fingerprint density at radius 1 is 1.04 bits per heavy atom. The third kappa shape index (κ3) is 5.54. The van der Waals surface area contributed by atoms with Crippen molar-refractivity contribution >= 4 is 33.8 Å². The fourth-order valence-electron chi connectivity index (χ4n) is 3.17. The van der Waals surface area contributed by atoms with Crippen LogP contribution in [0.5, 0.6) is 0 Å². The Morgan fingerprint density at radius 2 is 1.70 bits per heavy atom. The summed E-state index contributed by atoms with van der Waals surface area (Å²) in [4.78, 5) is 26.6. The SMILES string of the molecule is O=C(NCc1ccccc1)C1CCN(C(=O)/C=C/c2ccccc2Br)CC1. The van der Waals surface area contributed by atoms with E-state index in [0.717, 1.165) is 15.6 Å². The molecule has 0 aliphatic carbocycles. The number of hydrogen-bond donors (Lipinski definition) is 1. The van der Waals surface area contributed by atoms with Crippen molar-refractivity contribution < 1.29 is 9.59 Å². The highest BCUT2D eigenvalue weighted by atomic mass is 79.9. The van der Waals surface area contributed by atoms with Gasteiger partial charge in [-0.2, -0.15) is 0 Å². The smallest absolute Gasteiger partial charge is 0.246 e. The van der Waals surface area contributed by atoms with Gasteiger partial charge < -0.3 is 10.2 Å². The van der Waals surface area contributed by atoms with Crippen LogP contribution in [0.1, 0.15) is 24.0 Å². The highest BCUT2D eigenvalue weighted by molar-refractivity contribution is 9.10. The summed E-state index contributed by atoms with van der Waals surface area (Å²) < 4.78 is 0.961. The van der Waals surface area contributed by atoms with Crippen LogP contribution >= 0.6 is 15.9 Å². The second-order valence-electron chi connectivity index (χ2n) is 6.66. The average Bonchev–Trinajstić information content (AvgIpc) is 2.72. The molecule has 1 aliphatic rings. The molecule has 2 amide bonds. The Labute approximate surface area is 168 Å². The van der Waals surface area contributed by atoms with Crippen molar-refractivity contribution in [2.24, 2.45) is 5.92 Å². The lowest BCUT2D eigenvalue weighted by Gasteiger charge is -2.30. The molecule has 140 valence electrons. The van der Waals surface area contributed by atoms with Crippen LogP contribution in [-0.4, -0.2) is 29.8 Å². The topological polar surface area (TPSA) is 49.4 Å². The molecule has 2 aromatic carbocycles. The summed E-state index contributed by atoms with van der Waals surface area (Å²) in [7, 11) is 0. The van der Waals surface area contributed by atoms with Crippen molar-refractivity contribution in [2.75, 3.05) is 13.1 Å². The summed E-state index contributed by atoms with van der Waals surface area (Å²) in [6.45, 7) is 1.78. The summed E-state index contributed by atoms with van der Waals surface area (Å²) in [5, 5.41) is 3.00. The van der Waals surface area contributed by atoms with Gasteiger partial charge in [0, 0.05) is 36.1 Å². The van der Waals surface area contributed by atoms with Crippen LogP contribution in [0.4, 0.5) is 0 Å². The number of rotatable bonds is 5. The Kier molecular flexibility index (Phi) is 6.82. The molecule has 27 heavy (non-hydrogen) atoms. The molecule has 0 atom stereocenters. The molecule has 1 heterocycles. The maximum Gasteiger partial charge on any atom is 0.246 e. The lowest BCUT2D eigenvalue weighted by molar-refractivity contribution is -0.132. The average molecular weight is 427 g/mol. The van der Waals surface area contributed by atoms with Gasteiger partial charge in [-0.05, 0) is 36.1 Å². The van der Waals surface area contributed by atoms with Gasteiger partial charge in [-0.1, -0.05) is 64.5 Å². The Hall–Kier alpha value is -2.40. The molecule has 0 radical (unpaired) electrons. The van der Waals surface area contributed by atoms with Crippen LogP contribution in [0.25, 0.3) is 6.08 Å². The fourth-order valence-corrected chi connectivity index (χ4v) is 3.59. The number of carbonyl (C=O) groups excluding carboxylic acids is 2. The van der Waals surface area contributed by atoms with E-state index in [4.69, 9.17) is 0 Å². The van der Waals surface area contributed by atoms with Crippen molar-refractivity contribution in [3.05, 3.63) is 76.3 Å². The standard InChI is InChI=1S/C22H23BrN2O2/c23-20-9-5-4-8-18(20)10-11-21(26)25-14-12-19(13-15-25)22(27)24-16-17-6-2-1-3-7-17/h1-11,19H,12-16H2,(H,24,27)/b11-10+. The first-order valence-electron chi connectivity index (χ1n) is 9.16. The quantitative estimate of drug-likeness (QED) is 0.733. The largest absolute Gasteiger partial charge is 0.352 e. The number of likely N-dealkylation sites (tertiary alicyclic amines) is 1. The molecule has 0 bridgehead atoms. The number of piperidine rings is 1. The molecule has 5 heteroatoms. The minimum Gasteiger partial charge on any atom is -0.352 e. The highest BCUT2D eigenvalue weighted by Crippen LogP contribution is 2.20. The summed E-state index contributed by atoms with van der Waals surface area (Å²) in [6, 6.07) is 17.7. The lowest BCUT2D eigenvalue weighted by Crippen LogP contribution is -2.42. The van der Waals surface area contributed by atoms with E-state index in [1.165, 1.54) is 0 Å². The Balaban J connectivity index is 1.46. The Morgan fingerprint density at radius 3 is 2.41 bits per heavy atom. The summed E-state index contributed by atoms with van der Waals surface area (Å²) in [5.74, 6) is 0.0496. The maximum atomic E-state index is 12.4. The van der Waals surface area contributed by atoms with Crippen molar-refractivity contribution in [2.45, 2.75) is 19.4 Å². The predicted octanol–water partition coefficient (Wildman–Crippen LogP) is 4.02. The molecule has 1 N–H and O–H groups in total. The number of nitrogens with one attached hydrogen (secondary N) is 1. The summed E-state index contributed by atoms with van der Waals surface area (Å²) in [6.07, 6.45) is 4.84. The summed E-state index contributed by atoms with van der Waals surface area (Å²) in [5.41, 5.74) is 2.07. The van der Waals surface area contributed by atoms with Gasteiger partial charge >= 0.3 is 0 Å². The van der Waals surface area contributed by atoms with Crippen molar-refractivity contribution in [3.8, 4) is 0 Å². The van der Waals surface area contributed by atoms with E-state index in [1.54, 1.807) is 6.08 Å². The van der Waals surface area contributed by atoms with Gasteiger partial charge in [-0.3, -0.25) is 9.59 Å². The molecule has 0 spiro atoms. The minimum absolute atomic E-state index is 0.00565. The van der Waals surface area contributed by atoms with E-state index in [1.807, 2.05) is 65.6 Å². The lowest BCUT2D eigenvalue weighted by atomic mass is 9.95. The van der Waals surface area contributed by atoms with E-state index in [0.29, 0.717) is 32.5 Å². The van der Waals surface area contributed by atoms with Gasteiger partial charge in [0.25, 0.3) is 0 Å². The van der Waals surface area contributed by atoms with Crippen LogP contribution in [0.2, 0.25) is 0 Å². The number of carbonyl (C=O) groups is 2. The van der Waals surface area contributed by atoms with Crippen LogP contribution < -0.4 is 5.32 Å². The van der Waals surface area contributed by atoms with Crippen molar-refractivity contribution in [1.82, 2.24) is 10.2 Å². The first kappa shape index (κ1) is 19.4. The van der Waals surface area contributed by atoms with Gasteiger partial charge in [-0.15, -0.1) is 0 Å². The zero-order valence-electron chi connectivity index (χ0n) is 15.1. The van der Waals surface area contributed by atoms with Gasteiger partial charge in [0.05, 0.1) is 0 Å². The molecule has 0 saturated carbocycles. The third-order valence-electron chi connectivity index (χ3n) is 4.80. The minimum atomic E-state index is -0.0231. The van der Waals surface area contributed by atoms with Crippen LogP contribution in [0.15, 0.2) is 65.1 Å². The van der Waals surface area contributed by atoms with E-state index >= 15 is 0 Å². The van der Waals surface area contributed by atoms with Crippen molar-refractivity contribution in [1.29, 1.82) is 0 Å². The van der Waals surface area contributed by atoms with E-state index in [9.17, 15) is 9.59 Å². The number of hydrogen-bond acceptors (Lipinski definition) is 2. The molecule has 4 nitrogen and oxygen atoms in total. The van der Waals surface area contributed by atoms with E-state index in [2.05, 4.69) is 21.2 Å². The molecule has 1 fully saturated rings. The van der Waals surface area contributed by atoms with E-state index in [-0.39, 0.29) is 17.7 Å². The van der Waals surface area contributed by atoms with Crippen LogP contribution in [0, 0.1) is 5.92 Å². The first-order chi connectivity index (χ1) is 13.1. The maximum absolute atomic E-state index is 12.4. The monoisotopic (exact) mass is 426 g/mol. The second-order valence-corrected chi connectivity index (χ2v) is 7.51. The van der Waals surface area contributed by atoms with E-state index < -0.39 is 0 Å². The third-order valence-corrected chi connectivity index (χ3v) is 5.52. The molecule has 3 rings (SSSR count). The van der Waals surface area contributed by atoms with Gasteiger partial charge in [-0.25, -0.2) is 0 Å². The van der Waals surface area contributed by atoms with Crippen LogP contribution in [0.3, 0.4) is 0 Å². The normalized spacial score (nSPS) is 15.1. The highest BCUT2D eigenvalue weighted by Gasteiger charge is 2.26. The molecule has 0 aromatic heterocycles. The van der Waals surface area contributed by atoms with Crippen molar-refractivity contribution in [3.63, 3.8) is 0 Å². The number of benzene rings is 2. The predicted molar refractivity (Wildman–Crippen MR) is 111 cm³/mol. The van der Waals surface area contributed by atoms with Gasteiger partial charge in [0.2, 0.25) is 11.8 Å². The Bertz CT molecular complexity index is 812.